The SMILES string of the molecule is C=CC(=O)N1CCC(C(=O)Nc2cc(F)ccc2N2CCC(C)CC2)CC1. The van der Waals surface area contributed by atoms with Gasteiger partial charge in [-0.15, -0.1) is 0 Å². The summed E-state index contributed by atoms with van der Waals surface area (Å²) in [6.45, 7) is 8.66. The predicted molar refractivity (Wildman–Crippen MR) is 105 cm³/mol. The van der Waals surface area contributed by atoms with E-state index in [-0.39, 0.29) is 23.5 Å². The van der Waals surface area contributed by atoms with Crippen LogP contribution in [0.15, 0.2) is 30.9 Å². The van der Waals surface area contributed by atoms with Crippen LogP contribution in [-0.2, 0) is 9.59 Å². The van der Waals surface area contributed by atoms with Crippen LogP contribution in [0.5, 0.6) is 0 Å². The minimum absolute atomic E-state index is 0.0967. The normalized spacial score (nSPS) is 19.0. The lowest BCUT2D eigenvalue weighted by atomic mass is 9.95. The molecular weight excluding hydrogens is 345 g/mol. The molecule has 2 saturated heterocycles. The van der Waals surface area contributed by atoms with Gasteiger partial charge in [0.2, 0.25) is 11.8 Å². The van der Waals surface area contributed by atoms with Crippen molar-refractivity contribution in [1.29, 1.82) is 0 Å². The van der Waals surface area contributed by atoms with E-state index in [1.165, 1.54) is 18.2 Å². The van der Waals surface area contributed by atoms with Crippen LogP contribution in [0.2, 0.25) is 0 Å². The van der Waals surface area contributed by atoms with Gasteiger partial charge in [0.05, 0.1) is 11.4 Å². The lowest BCUT2D eigenvalue weighted by molar-refractivity contribution is -0.130. The molecule has 0 unspecified atom stereocenters. The molecule has 0 aromatic heterocycles. The Labute approximate surface area is 160 Å². The molecule has 0 spiro atoms. The maximum absolute atomic E-state index is 13.8. The molecule has 0 saturated carbocycles. The first-order chi connectivity index (χ1) is 13.0. The molecule has 0 aliphatic carbocycles. The van der Waals surface area contributed by atoms with Crippen LogP contribution in [0.25, 0.3) is 0 Å². The molecule has 146 valence electrons. The summed E-state index contributed by atoms with van der Waals surface area (Å²) in [4.78, 5) is 28.3. The summed E-state index contributed by atoms with van der Waals surface area (Å²) < 4.78 is 13.8. The third-order valence-electron chi connectivity index (χ3n) is 5.69. The van der Waals surface area contributed by atoms with Gasteiger partial charge in [0.15, 0.2) is 0 Å². The van der Waals surface area contributed by atoms with Crippen LogP contribution in [0, 0.1) is 17.7 Å². The zero-order valence-corrected chi connectivity index (χ0v) is 15.9. The van der Waals surface area contributed by atoms with Crippen molar-refractivity contribution in [2.24, 2.45) is 11.8 Å². The van der Waals surface area contributed by atoms with Gasteiger partial charge in [0.1, 0.15) is 5.82 Å². The van der Waals surface area contributed by atoms with E-state index >= 15 is 0 Å². The number of halogens is 1. The number of benzene rings is 1. The quantitative estimate of drug-likeness (QED) is 0.823. The van der Waals surface area contributed by atoms with Gasteiger partial charge in [-0.05, 0) is 55.9 Å². The first kappa shape index (κ1) is 19.4. The Kier molecular flexibility index (Phi) is 6.14. The van der Waals surface area contributed by atoms with E-state index in [2.05, 4.69) is 23.7 Å². The fourth-order valence-electron chi connectivity index (χ4n) is 3.86. The van der Waals surface area contributed by atoms with Crippen molar-refractivity contribution in [2.75, 3.05) is 36.4 Å². The third kappa shape index (κ3) is 4.67. The molecule has 0 atom stereocenters. The topological polar surface area (TPSA) is 52.7 Å². The molecule has 0 radical (unpaired) electrons. The van der Waals surface area contributed by atoms with E-state index in [0.717, 1.165) is 31.6 Å². The molecule has 2 aliphatic heterocycles. The van der Waals surface area contributed by atoms with Crippen molar-refractivity contribution < 1.29 is 14.0 Å². The highest BCUT2D eigenvalue weighted by molar-refractivity contribution is 5.96. The van der Waals surface area contributed by atoms with Gasteiger partial charge >= 0.3 is 0 Å². The molecule has 2 heterocycles. The molecular formula is C21H28FN3O2. The second-order valence-electron chi connectivity index (χ2n) is 7.62. The highest BCUT2D eigenvalue weighted by Crippen LogP contribution is 2.31. The maximum Gasteiger partial charge on any atom is 0.245 e. The molecule has 0 bridgehead atoms. The molecule has 2 fully saturated rings. The summed E-state index contributed by atoms with van der Waals surface area (Å²) in [5, 5.41) is 2.94. The van der Waals surface area contributed by atoms with E-state index in [0.29, 0.717) is 37.5 Å². The summed E-state index contributed by atoms with van der Waals surface area (Å²) in [7, 11) is 0. The molecule has 1 N–H and O–H groups in total. The third-order valence-corrected chi connectivity index (χ3v) is 5.69. The van der Waals surface area contributed by atoms with E-state index in [4.69, 9.17) is 0 Å². The van der Waals surface area contributed by atoms with Gasteiger partial charge in [-0.3, -0.25) is 9.59 Å². The number of rotatable bonds is 4. The van der Waals surface area contributed by atoms with Crippen molar-refractivity contribution >= 4 is 23.2 Å². The first-order valence-corrected chi connectivity index (χ1v) is 9.74. The standard InChI is InChI=1S/C21H28FN3O2/c1-3-20(26)25-12-8-16(9-13-25)21(27)23-18-14-17(22)4-5-19(18)24-10-6-15(2)7-11-24/h3-5,14-16H,1,6-13H2,2H3,(H,23,27). The summed E-state index contributed by atoms with van der Waals surface area (Å²) in [5.41, 5.74) is 1.43. The van der Waals surface area contributed by atoms with Crippen LogP contribution in [0.4, 0.5) is 15.8 Å². The fourth-order valence-corrected chi connectivity index (χ4v) is 3.86. The van der Waals surface area contributed by atoms with Gasteiger partial charge in [0, 0.05) is 32.1 Å². The predicted octanol–water partition coefficient (Wildman–Crippen LogP) is 3.43. The molecule has 1 aromatic rings. The highest BCUT2D eigenvalue weighted by Gasteiger charge is 2.27. The van der Waals surface area contributed by atoms with Crippen LogP contribution >= 0.6 is 0 Å². The zero-order chi connectivity index (χ0) is 19.4. The second-order valence-corrected chi connectivity index (χ2v) is 7.62. The van der Waals surface area contributed by atoms with E-state index in [1.54, 1.807) is 11.0 Å². The van der Waals surface area contributed by atoms with E-state index in [9.17, 15) is 14.0 Å². The monoisotopic (exact) mass is 373 g/mol. The number of hydrogen-bond acceptors (Lipinski definition) is 3. The Morgan fingerprint density at radius 2 is 1.81 bits per heavy atom. The number of likely N-dealkylation sites (tertiary alicyclic amines) is 1. The number of nitrogens with zero attached hydrogens (tertiary/aromatic N) is 2. The minimum atomic E-state index is -0.356. The Morgan fingerprint density at radius 1 is 1.15 bits per heavy atom. The number of nitrogens with one attached hydrogen (secondary N) is 1. The van der Waals surface area contributed by atoms with Crippen LogP contribution in [0.1, 0.15) is 32.6 Å². The average molecular weight is 373 g/mol. The summed E-state index contributed by atoms with van der Waals surface area (Å²) in [6, 6.07) is 4.61. The van der Waals surface area contributed by atoms with Crippen molar-refractivity contribution in [3.8, 4) is 0 Å². The van der Waals surface area contributed by atoms with Crippen LogP contribution in [-0.4, -0.2) is 42.9 Å². The summed E-state index contributed by atoms with van der Waals surface area (Å²) in [5.74, 6) is -0.0241. The van der Waals surface area contributed by atoms with Crippen LogP contribution < -0.4 is 10.2 Å². The number of hydrogen-bond donors (Lipinski definition) is 1. The first-order valence-electron chi connectivity index (χ1n) is 9.74. The van der Waals surface area contributed by atoms with E-state index < -0.39 is 0 Å². The Hall–Kier alpha value is -2.37. The minimum Gasteiger partial charge on any atom is -0.370 e. The van der Waals surface area contributed by atoms with Crippen LogP contribution in [0.3, 0.4) is 0 Å². The molecule has 1 aromatic carbocycles. The van der Waals surface area contributed by atoms with E-state index in [1.807, 2.05) is 0 Å². The van der Waals surface area contributed by atoms with Crippen molar-refractivity contribution in [3.63, 3.8) is 0 Å². The maximum atomic E-state index is 13.8. The number of piperidine rings is 2. The highest BCUT2D eigenvalue weighted by atomic mass is 19.1. The van der Waals surface area contributed by atoms with Gasteiger partial charge in [-0.25, -0.2) is 4.39 Å². The number of amides is 2. The number of carbonyl (C=O) groups is 2. The molecule has 3 rings (SSSR count). The Bertz CT molecular complexity index is 705. The molecule has 2 aliphatic rings. The van der Waals surface area contributed by atoms with Gasteiger partial charge in [0.25, 0.3) is 0 Å². The largest absolute Gasteiger partial charge is 0.370 e. The molecule has 5 nitrogen and oxygen atoms in total. The number of anilines is 2. The molecule has 2 amide bonds. The summed E-state index contributed by atoms with van der Waals surface area (Å²) in [6.07, 6.45) is 4.72. The Balaban J connectivity index is 1.66. The lowest BCUT2D eigenvalue weighted by Crippen LogP contribution is -2.41. The van der Waals surface area contributed by atoms with Crippen molar-refractivity contribution in [1.82, 2.24) is 4.90 Å². The van der Waals surface area contributed by atoms with Gasteiger partial charge < -0.3 is 15.1 Å². The average Bonchev–Trinajstić information content (AvgIpc) is 2.68. The molecule has 6 heteroatoms. The van der Waals surface area contributed by atoms with Gasteiger partial charge in [-0.1, -0.05) is 13.5 Å². The fraction of sp³-hybridized carbons (Fsp3) is 0.524. The van der Waals surface area contributed by atoms with Crippen molar-refractivity contribution in [2.45, 2.75) is 32.6 Å². The zero-order valence-electron chi connectivity index (χ0n) is 15.9. The molecule has 27 heavy (non-hydrogen) atoms. The lowest BCUT2D eigenvalue weighted by Gasteiger charge is -2.34. The number of carbonyl (C=O) groups excluding carboxylic acids is 2. The summed E-state index contributed by atoms with van der Waals surface area (Å²) >= 11 is 0. The smallest absolute Gasteiger partial charge is 0.245 e. The van der Waals surface area contributed by atoms with Crippen molar-refractivity contribution in [3.05, 3.63) is 36.7 Å². The Morgan fingerprint density at radius 3 is 2.44 bits per heavy atom. The van der Waals surface area contributed by atoms with Gasteiger partial charge in [-0.2, -0.15) is 0 Å². The second kappa shape index (κ2) is 8.55.